The molecule has 0 amide bonds. The van der Waals surface area contributed by atoms with Gasteiger partial charge < -0.3 is 14.7 Å². The summed E-state index contributed by atoms with van der Waals surface area (Å²) in [6, 6.07) is 18.1. The van der Waals surface area contributed by atoms with E-state index in [4.69, 9.17) is 4.74 Å². The van der Waals surface area contributed by atoms with E-state index in [1.54, 1.807) is 19.2 Å². The Morgan fingerprint density at radius 1 is 1.04 bits per heavy atom. The number of hydrogen-bond acceptors (Lipinski definition) is 3. The maximum atomic E-state index is 9.52. The number of hydrogen-bond donors (Lipinski definition) is 1. The summed E-state index contributed by atoms with van der Waals surface area (Å²) in [5.74, 6) is 1.02. The summed E-state index contributed by atoms with van der Waals surface area (Å²) in [4.78, 5) is 2.43. The summed E-state index contributed by atoms with van der Waals surface area (Å²) >= 11 is 0. The molecule has 0 spiro atoms. The highest BCUT2D eigenvalue weighted by Crippen LogP contribution is 2.32. The highest BCUT2D eigenvalue weighted by molar-refractivity contribution is 5.49. The largest absolute Gasteiger partial charge is 0.508 e. The van der Waals surface area contributed by atoms with Gasteiger partial charge in [-0.1, -0.05) is 30.3 Å². The maximum Gasteiger partial charge on any atom is 0.115 e. The quantitative estimate of drug-likeness (QED) is 0.842. The van der Waals surface area contributed by atoms with Gasteiger partial charge in [0, 0.05) is 25.9 Å². The Hall–Kier alpha value is -2.00. The fraction of sp³-hybridized carbons (Fsp3) is 0.400. The normalized spacial score (nSPS) is 20.0. The van der Waals surface area contributed by atoms with Crippen LogP contribution < -0.4 is 4.90 Å². The van der Waals surface area contributed by atoms with E-state index in [9.17, 15) is 5.11 Å². The number of phenols is 1. The minimum Gasteiger partial charge on any atom is -0.508 e. The van der Waals surface area contributed by atoms with Gasteiger partial charge in [0.25, 0.3) is 0 Å². The molecule has 23 heavy (non-hydrogen) atoms. The number of methoxy groups -OCH3 is 1. The van der Waals surface area contributed by atoms with Gasteiger partial charge in [0.2, 0.25) is 0 Å². The SMILES string of the molecule is COC1CC(CN(CCc2ccccc2)c2ccc(O)cc2)C1. The fourth-order valence-electron chi connectivity index (χ4n) is 3.23. The van der Waals surface area contributed by atoms with Crippen LogP contribution in [0.1, 0.15) is 18.4 Å². The van der Waals surface area contributed by atoms with E-state index >= 15 is 0 Å². The number of nitrogens with zero attached hydrogens (tertiary/aromatic N) is 1. The van der Waals surface area contributed by atoms with Crippen molar-refractivity contribution in [3.8, 4) is 5.75 Å². The molecule has 0 saturated heterocycles. The van der Waals surface area contributed by atoms with Crippen molar-refractivity contribution in [2.45, 2.75) is 25.4 Å². The van der Waals surface area contributed by atoms with Crippen LogP contribution in [0.2, 0.25) is 0 Å². The van der Waals surface area contributed by atoms with E-state index in [1.807, 2.05) is 12.1 Å². The smallest absolute Gasteiger partial charge is 0.115 e. The van der Waals surface area contributed by atoms with Crippen LogP contribution in [0.25, 0.3) is 0 Å². The molecule has 0 bridgehead atoms. The molecule has 0 unspecified atom stereocenters. The zero-order valence-corrected chi connectivity index (χ0v) is 13.7. The van der Waals surface area contributed by atoms with Crippen LogP contribution in [-0.4, -0.2) is 31.4 Å². The Bertz CT molecular complexity index is 591. The Morgan fingerprint density at radius 3 is 2.39 bits per heavy atom. The summed E-state index contributed by atoms with van der Waals surface area (Å²) in [5.41, 5.74) is 2.54. The van der Waals surface area contributed by atoms with Crippen molar-refractivity contribution in [1.82, 2.24) is 0 Å². The van der Waals surface area contributed by atoms with Crippen molar-refractivity contribution in [1.29, 1.82) is 0 Å². The molecule has 1 aliphatic carbocycles. The first-order valence-electron chi connectivity index (χ1n) is 8.35. The Labute approximate surface area is 138 Å². The van der Waals surface area contributed by atoms with Crippen molar-refractivity contribution in [3.63, 3.8) is 0 Å². The number of phenolic OH excluding ortho intramolecular Hbond substituents is 1. The van der Waals surface area contributed by atoms with Gasteiger partial charge in [-0.25, -0.2) is 0 Å². The van der Waals surface area contributed by atoms with E-state index in [1.165, 1.54) is 11.3 Å². The molecular formula is C20H25NO2. The van der Waals surface area contributed by atoms with Crippen LogP contribution in [0.5, 0.6) is 5.75 Å². The first kappa shape index (κ1) is 15.9. The second-order valence-electron chi connectivity index (χ2n) is 6.39. The van der Waals surface area contributed by atoms with Gasteiger partial charge in [0.05, 0.1) is 6.10 Å². The minimum atomic E-state index is 0.319. The molecule has 1 N–H and O–H groups in total. The average molecular weight is 311 g/mol. The minimum absolute atomic E-state index is 0.319. The van der Waals surface area contributed by atoms with Gasteiger partial charge in [-0.3, -0.25) is 0 Å². The van der Waals surface area contributed by atoms with Crippen molar-refractivity contribution >= 4 is 5.69 Å². The van der Waals surface area contributed by atoms with E-state index < -0.39 is 0 Å². The number of anilines is 1. The lowest BCUT2D eigenvalue weighted by atomic mass is 9.82. The lowest BCUT2D eigenvalue weighted by Gasteiger charge is -2.38. The van der Waals surface area contributed by atoms with Crippen molar-refractivity contribution in [3.05, 3.63) is 60.2 Å². The summed E-state index contributed by atoms with van der Waals surface area (Å²) in [6.45, 7) is 2.04. The zero-order valence-electron chi connectivity index (χ0n) is 13.7. The average Bonchev–Trinajstić information content (AvgIpc) is 2.55. The molecule has 1 fully saturated rings. The van der Waals surface area contributed by atoms with Crippen molar-refractivity contribution in [2.24, 2.45) is 5.92 Å². The van der Waals surface area contributed by atoms with Crippen molar-refractivity contribution < 1.29 is 9.84 Å². The van der Waals surface area contributed by atoms with E-state index in [0.717, 1.165) is 32.4 Å². The summed E-state index contributed by atoms with van der Waals surface area (Å²) < 4.78 is 5.40. The fourth-order valence-corrected chi connectivity index (χ4v) is 3.23. The number of ether oxygens (including phenoxy) is 1. The molecule has 1 aliphatic rings. The second-order valence-corrected chi connectivity index (χ2v) is 6.39. The summed E-state index contributed by atoms with van der Waals surface area (Å²) in [6.07, 6.45) is 3.77. The lowest BCUT2D eigenvalue weighted by Crippen LogP contribution is -2.40. The standard InChI is InChI=1S/C20H25NO2/c1-23-20-13-17(14-20)15-21(18-7-9-19(22)10-8-18)12-11-16-5-3-2-4-6-16/h2-10,17,20,22H,11-15H2,1H3. The monoisotopic (exact) mass is 311 g/mol. The van der Waals surface area contributed by atoms with Gasteiger partial charge in [0.15, 0.2) is 0 Å². The molecule has 2 aromatic rings. The van der Waals surface area contributed by atoms with Crippen LogP contribution in [0, 0.1) is 5.92 Å². The molecule has 0 atom stereocenters. The van der Waals surface area contributed by atoms with Crippen LogP contribution in [0.4, 0.5) is 5.69 Å². The van der Waals surface area contributed by atoms with E-state index in [-0.39, 0.29) is 0 Å². The van der Waals surface area contributed by atoms with Gasteiger partial charge in [-0.05, 0) is 55.0 Å². The molecule has 2 aromatic carbocycles. The van der Waals surface area contributed by atoms with Crippen LogP contribution in [0.15, 0.2) is 54.6 Å². The molecular weight excluding hydrogens is 286 g/mol. The highest BCUT2D eigenvalue weighted by atomic mass is 16.5. The molecule has 122 valence electrons. The predicted octanol–water partition coefficient (Wildman–Crippen LogP) is 3.87. The van der Waals surface area contributed by atoms with E-state index in [2.05, 4.69) is 35.2 Å². The van der Waals surface area contributed by atoms with Gasteiger partial charge in [-0.2, -0.15) is 0 Å². The van der Waals surface area contributed by atoms with E-state index in [0.29, 0.717) is 17.8 Å². The third-order valence-electron chi connectivity index (χ3n) is 4.73. The number of rotatable bonds is 7. The molecule has 0 radical (unpaired) electrons. The van der Waals surface area contributed by atoms with Gasteiger partial charge >= 0.3 is 0 Å². The molecule has 3 rings (SSSR count). The third-order valence-corrected chi connectivity index (χ3v) is 4.73. The lowest BCUT2D eigenvalue weighted by molar-refractivity contribution is 0.00373. The summed E-state index contributed by atoms with van der Waals surface area (Å²) in [5, 5.41) is 9.52. The Balaban J connectivity index is 1.64. The molecule has 0 aromatic heterocycles. The Morgan fingerprint density at radius 2 is 1.74 bits per heavy atom. The number of benzene rings is 2. The predicted molar refractivity (Wildman–Crippen MR) is 94.0 cm³/mol. The molecule has 0 aliphatic heterocycles. The number of aromatic hydroxyl groups is 1. The molecule has 3 heteroatoms. The molecule has 3 nitrogen and oxygen atoms in total. The zero-order chi connectivity index (χ0) is 16.1. The first-order chi connectivity index (χ1) is 11.2. The van der Waals surface area contributed by atoms with Gasteiger partial charge in [-0.15, -0.1) is 0 Å². The Kier molecular flexibility index (Phi) is 5.19. The van der Waals surface area contributed by atoms with Crippen LogP contribution >= 0.6 is 0 Å². The van der Waals surface area contributed by atoms with Crippen LogP contribution in [0.3, 0.4) is 0 Å². The van der Waals surface area contributed by atoms with Gasteiger partial charge in [0.1, 0.15) is 5.75 Å². The highest BCUT2D eigenvalue weighted by Gasteiger charge is 2.30. The maximum absolute atomic E-state index is 9.52. The first-order valence-corrected chi connectivity index (χ1v) is 8.35. The van der Waals surface area contributed by atoms with Crippen LogP contribution in [-0.2, 0) is 11.2 Å². The molecule has 0 heterocycles. The summed E-state index contributed by atoms with van der Waals surface area (Å²) in [7, 11) is 1.80. The second kappa shape index (κ2) is 7.51. The van der Waals surface area contributed by atoms with Crippen molar-refractivity contribution in [2.75, 3.05) is 25.1 Å². The molecule has 1 saturated carbocycles. The topological polar surface area (TPSA) is 32.7 Å². The third kappa shape index (κ3) is 4.26.